The zero-order valence-corrected chi connectivity index (χ0v) is 18.7. The number of likely N-dealkylation sites (N-methyl/N-ethyl adjacent to an activating group) is 1. The molecule has 0 aromatic heterocycles. The van der Waals surface area contributed by atoms with Crippen LogP contribution in [0.5, 0.6) is 0 Å². The highest BCUT2D eigenvalue weighted by molar-refractivity contribution is 7.89. The molecule has 1 aliphatic heterocycles. The first-order chi connectivity index (χ1) is 15.5. The number of nitrogens with one attached hydrogen (secondary N) is 1. The molecule has 0 bridgehead atoms. The van der Waals surface area contributed by atoms with Crippen LogP contribution in [0.2, 0.25) is 0 Å². The molecule has 0 atom stereocenters. The van der Waals surface area contributed by atoms with Crippen molar-refractivity contribution in [2.45, 2.75) is 23.9 Å². The highest BCUT2D eigenvalue weighted by atomic mass is 32.2. The van der Waals surface area contributed by atoms with Crippen LogP contribution in [-0.2, 0) is 25.8 Å². The molecule has 1 fully saturated rings. The van der Waals surface area contributed by atoms with Gasteiger partial charge in [0.05, 0.1) is 17.0 Å². The number of halogens is 3. The maximum atomic E-state index is 13.3. The SMILES string of the molecule is CN(CC(=O)Nc1ccccc1)C(=O)C1CCN(S(=O)(=O)c2ccccc2C(F)(F)F)CC1. The molecule has 2 aromatic rings. The lowest BCUT2D eigenvalue weighted by Crippen LogP contribution is -2.45. The van der Waals surface area contributed by atoms with Crippen LogP contribution in [0.15, 0.2) is 59.5 Å². The number of carbonyl (C=O) groups excluding carboxylic acids is 2. The lowest BCUT2D eigenvalue weighted by atomic mass is 9.96. The van der Waals surface area contributed by atoms with Crippen molar-refractivity contribution in [1.82, 2.24) is 9.21 Å². The molecule has 1 heterocycles. The molecular weight excluding hydrogens is 459 g/mol. The lowest BCUT2D eigenvalue weighted by molar-refractivity contribution is -0.140. The van der Waals surface area contributed by atoms with Gasteiger partial charge in [0.25, 0.3) is 0 Å². The minimum atomic E-state index is -4.80. The van der Waals surface area contributed by atoms with E-state index in [0.29, 0.717) is 5.69 Å². The predicted molar refractivity (Wildman–Crippen MR) is 116 cm³/mol. The summed E-state index contributed by atoms with van der Waals surface area (Å²) in [6.45, 7) is -0.352. The molecule has 33 heavy (non-hydrogen) atoms. The van der Waals surface area contributed by atoms with E-state index in [0.717, 1.165) is 22.5 Å². The summed E-state index contributed by atoms with van der Waals surface area (Å²) >= 11 is 0. The Kier molecular flexibility index (Phi) is 7.43. The van der Waals surface area contributed by atoms with Gasteiger partial charge in [0, 0.05) is 31.7 Å². The van der Waals surface area contributed by atoms with Gasteiger partial charge in [0.1, 0.15) is 0 Å². The monoisotopic (exact) mass is 483 g/mol. The molecule has 1 N–H and O–H groups in total. The van der Waals surface area contributed by atoms with Crippen LogP contribution >= 0.6 is 0 Å². The predicted octanol–water partition coefficient (Wildman–Crippen LogP) is 3.20. The Bertz CT molecular complexity index is 1100. The van der Waals surface area contributed by atoms with Crippen LogP contribution in [0.3, 0.4) is 0 Å². The average Bonchev–Trinajstić information content (AvgIpc) is 2.78. The average molecular weight is 484 g/mol. The standard InChI is InChI=1S/C22H24F3N3O4S/c1-27(15-20(29)26-17-7-3-2-4-8-17)21(30)16-11-13-28(14-12-16)33(31,32)19-10-6-5-9-18(19)22(23,24)25/h2-10,16H,11-15H2,1H3,(H,26,29). The summed E-state index contributed by atoms with van der Waals surface area (Å²) in [5.41, 5.74) is -0.617. The molecule has 0 saturated carbocycles. The first-order valence-corrected chi connectivity index (χ1v) is 11.7. The minimum Gasteiger partial charge on any atom is -0.336 e. The number of anilines is 1. The Hall–Kier alpha value is -2.92. The number of benzene rings is 2. The van der Waals surface area contributed by atoms with Crippen molar-refractivity contribution in [3.63, 3.8) is 0 Å². The molecule has 0 radical (unpaired) electrons. The zero-order chi connectivity index (χ0) is 24.2. The van der Waals surface area contributed by atoms with Crippen LogP contribution in [0.1, 0.15) is 18.4 Å². The number of rotatable bonds is 6. The van der Waals surface area contributed by atoms with Gasteiger partial charge in [-0.15, -0.1) is 0 Å². The maximum Gasteiger partial charge on any atom is 0.417 e. The van der Waals surface area contributed by atoms with Crippen LogP contribution in [0.25, 0.3) is 0 Å². The van der Waals surface area contributed by atoms with E-state index >= 15 is 0 Å². The number of alkyl halides is 3. The maximum absolute atomic E-state index is 13.3. The van der Waals surface area contributed by atoms with Gasteiger partial charge in [0.15, 0.2) is 0 Å². The van der Waals surface area contributed by atoms with E-state index in [1.165, 1.54) is 18.0 Å². The fourth-order valence-electron chi connectivity index (χ4n) is 3.73. The van der Waals surface area contributed by atoms with Gasteiger partial charge in [-0.05, 0) is 37.1 Å². The van der Waals surface area contributed by atoms with Gasteiger partial charge in [-0.25, -0.2) is 8.42 Å². The molecule has 11 heteroatoms. The summed E-state index contributed by atoms with van der Waals surface area (Å²) in [4.78, 5) is 25.4. The van der Waals surface area contributed by atoms with Gasteiger partial charge >= 0.3 is 6.18 Å². The normalized spacial score (nSPS) is 15.8. The Labute approximate surface area is 190 Å². The van der Waals surface area contributed by atoms with Gasteiger partial charge in [0.2, 0.25) is 21.8 Å². The quantitative estimate of drug-likeness (QED) is 0.684. The van der Waals surface area contributed by atoms with E-state index in [1.54, 1.807) is 30.3 Å². The highest BCUT2D eigenvalue weighted by Gasteiger charge is 2.40. The second kappa shape index (κ2) is 9.92. The number of sulfonamides is 1. The number of nitrogens with zero attached hydrogens (tertiary/aromatic N) is 2. The number of carbonyl (C=O) groups is 2. The number of hydrogen-bond donors (Lipinski definition) is 1. The van der Waals surface area contributed by atoms with Crippen LogP contribution in [0.4, 0.5) is 18.9 Å². The first-order valence-electron chi connectivity index (χ1n) is 10.3. The molecule has 3 rings (SSSR count). The second-order valence-corrected chi connectivity index (χ2v) is 9.69. The topological polar surface area (TPSA) is 86.8 Å². The smallest absolute Gasteiger partial charge is 0.336 e. The third-order valence-corrected chi connectivity index (χ3v) is 7.38. The summed E-state index contributed by atoms with van der Waals surface area (Å²) < 4.78 is 66.5. The lowest BCUT2D eigenvalue weighted by Gasteiger charge is -2.32. The van der Waals surface area contributed by atoms with Gasteiger partial charge in [-0.1, -0.05) is 30.3 Å². The second-order valence-electron chi connectivity index (χ2n) is 7.78. The molecule has 178 valence electrons. The molecule has 0 unspecified atom stereocenters. The molecule has 2 aromatic carbocycles. The molecule has 1 saturated heterocycles. The van der Waals surface area contributed by atoms with E-state index in [2.05, 4.69) is 5.32 Å². The highest BCUT2D eigenvalue weighted by Crippen LogP contribution is 2.36. The summed E-state index contributed by atoms with van der Waals surface area (Å²) in [6.07, 6.45) is -4.51. The van der Waals surface area contributed by atoms with E-state index in [1.807, 2.05) is 0 Å². The molecule has 0 spiro atoms. The van der Waals surface area contributed by atoms with Gasteiger partial charge < -0.3 is 10.2 Å². The van der Waals surface area contributed by atoms with Crippen molar-refractivity contribution in [3.8, 4) is 0 Å². The van der Waals surface area contributed by atoms with E-state index in [-0.39, 0.29) is 44.3 Å². The first kappa shape index (κ1) is 24.7. The molecule has 7 nitrogen and oxygen atoms in total. The Morgan fingerprint density at radius 1 is 1.03 bits per heavy atom. The van der Waals surface area contributed by atoms with Crippen molar-refractivity contribution >= 4 is 27.5 Å². The van der Waals surface area contributed by atoms with E-state index < -0.39 is 32.6 Å². The molecule has 1 aliphatic rings. The van der Waals surface area contributed by atoms with Crippen LogP contribution in [-0.4, -0.2) is 56.1 Å². The number of amides is 2. The number of para-hydroxylation sites is 1. The summed E-state index contributed by atoms with van der Waals surface area (Å²) in [5, 5.41) is 2.68. The van der Waals surface area contributed by atoms with E-state index in [4.69, 9.17) is 0 Å². The Balaban J connectivity index is 1.60. The summed E-state index contributed by atoms with van der Waals surface area (Å²) in [7, 11) is -2.89. The fourth-order valence-corrected chi connectivity index (χ4v) is 5.42. The number of piperidine rings is 1. The third-order valence-electron chi connectivity index (χ3n) is 5.43. The Morgan fingerprint density at radius 2 is 1.61 bits per heavy atom. The van der Waals surface area contributed by atoms with Crippen molar-refractivity contribution in [2.24, 2.45) is 5.92 Å². The van der Waals surface area contributed by atoms with Crippen molar-refractivity contribution in [2.75, 3.05) is 32.0 Å². The van der Waals surface area contributed by atoms with Crippen molar-refractivity contribution in [1.29, 1.82) is 0 Å². The van der Waals surface area contributed by atoms with Crippen molar-refractivity contribution < 1.29 is 31.2 Å². The fraction of sp³-hybridized carbons (Fsp3) is 0.364. The zero-order valence-electron chi connectivity index (χ0n) is 17.9. The van der Waals surface area contributed by atoms with Crippen LogP contribution < -0.4 is 5.32 Å². The molecule has 2 amide bonds. The molecular formula is C22H24F3N3O4S. The summed E-state index contributed by atoms with van der Waals surface area (Å²) in [6, 6.07) is 12.8. The van der Waals surface area contributed by atoms with Gasteiger partial charge in [-0.3, -0.25) is 9.59 Å². The molecule has 0 aliphatic carbocycles. The summed E-state index contributed by atoms with van der Waals surface area (Å²) in [5.74, 6) is -1.21. The van der Waals surface area contributed by atoms with E-state index in [9.17, 15) is 31.2 Å². The van der Waals surface area contributed by atoms with Crippen molar-refractivity contribution in [3.05, 3.63) is 60.2 Å². The minimum absolute atomic E-state index is 0.0883. The van der Waals surface area contributed by atoms with Gasteiger partial charge in [-0.2, -0.15) is 17.5 Å². The largest absolute Gasteiger partial charge is 0.417 e. The third kappa shape index (κ3) is 5.91. The Morgan fingerprint density at radius 3 is 2.21 bits per heavy atom. The number of hydrogen-bond acceptors (Lipinski definition) is 4. The van der Waals surface area contributed by atoms with Crippen LogP contribution in [0, 0.1) is 5.92 Å².